The van der Waals surface area contributed by atoms with Gasteiger partial charge in [-0.2, -0.15) is 0 Å². The van der Waals surface area contributed by atoms with Crippen LogP contribution in [0.15, 0.2) is 47.1 Å². The number of esters is 1. The molecule has 0 fully saturated rings. The zero-order valence-corrected chi connectivity index (χ0v) is 17.9. The van der Waals surface area contributed by atoms with Gasteiger partial charge in [0.2, 0.25) is 5.90 Å². The van der Waals surface area contributed by atoms with E-state index in [1.807, 2.05) is 19.9 Å². The van der Waals surface area contributed by atoms with E-state index in [-0.39, 0.29) is 17.7 Å². The van der Waals surface area contributed by atoms with Crippen LogP contribution in [-0.4, -0.2) is 25.1 Å². The van der Waals surface area contributed by atoms with Gasteiger partial charge in [-0.25, -0.2) is 9.79 Å². The van der Waals surface area contributed by atoms with Gasteiger partial charge >= 0.3 is 5.97 Å². The molecule has 140 valence electrons. The molecule has 0 saturated carbocycles. The topological polar surface area (TPSA) is 57.1 Å². The number of cyclic esters (lactones) is 1. The van der Waals surface area contributed by atoms with E-state index >= 15 is 0 Å². The van der Waals surface area contributed by atoms with E-state index in [0.29, 0.717) is 22.1 Å². The number of nitrogens with zero attached hydrogens (tertiary/aromatic N) is 1. The predicted molar refractivity (Wildman–Crippen MR) is 114 cm³/mol. The van der Waals surface area contributed by atoms with E-state index in [2.05, 4.69) is 27.6 Å². The van der Waals surface area contributed by atoms with Crippen LogP contribution in [0.3, 0.4) is 0 Å². The standard InChI is InChI=1S/C20H17ClINO4/c1-11(2)26-18-15(22)7-12(9-17(18)25-3)8-16-20(24)27-19(23-16)13-5-4-6-14(21)10-13/h4-11H,1-3H3/b16-8+. The second-order valence-corrected chi connectivity index (χ2v) is 7.65. The minimum Gasteiger partial charge on any atom is -0.493 e. The summed E-state index contributed by atoms with van der Waals surface area (Å²) >= 11 is 8.17. The van der Waals surface area contributed by atoms with Gasteiger partial charge in [0, 0.05) is 10.6 Å². The van der Waals surface area contributed by atoms with Crippen LogP contribution in [0.2, 0.25) is 5.02 Å². The minimum atomic E-state index is -0.513. The summed E-state index contributed by atoms with van der Waals surface area (Å²) in [4.78, 5) is 16.5. The van der Waals surface area contributed by atoms with Crippen molar-refractivity contribution in [3.8, 4) is 11.5 Å². The highest BCUT2D eigenvalue weighted by Crippen LogP contribution is 2.35. The van der Waals surface area contributed by atoms with Gasteiger partial charge in [-0.15, -0.1) is 0 Å². The van der Waals surface area contributed by atoms with Gasteiger partial charge in [-0.3, -0.25) is 0 Å². The molecule has 0 unspecified atom stereocenters. The Morgan fingerprint density at radius 3 is 2.70 bits per heavy atom. The number of halogens is 2. The van der Waals surface area contributed by atoms with Gasteiger partial charge in [-0.1, -0.05) is 17.7 Å². The first kappa shape index (κ1) is 19.7. The molecular weight excluding hydrogens is 481 g/mol. The van der Waals surface area contributed by atoms with Crippen LogP contribution in [0.1, 0.15) is 25.0 Å². The normalized spacial score (nSPS) is 15.1. The zero-order chi connectivity index (χ0) is 19.6. The summed E-state index contributed by atoms with van der Waals surface area (Å²) in [5, 5.41) is 0.545. The number of rotatable bonds is 5. The first-order valence-corrected chi connectivity index (χ1v) is 9.65. The Balaban J connectivity index is 1.96. The van der Waals surface area contributed by atoms with Crippen LogP contribution >= 0.6 is 34.2 Å². The number of methoxy groups -OCH3 is 1. The average Bonchev–Trinajstić information content (AvgIpc) is 2.97. The molecule has 0 aliphatic carbocycles. The number of benzene rings is 2. The highest BCUT2D eigenvalue weighted by molar-refractivity contribution is 14.1. The van der Waals surface area contributed by atoms with Crippen molar-refractivity contribution >= 4 is 52.1 Å². The van der Waals surface area contributed by atoms with Crippen molar-refractivity contribution < 1.29 is 19.0 Å². The predicted octanol–water partition coefficient (Wildman–Crippen LogP) is 5.08. The molecule has 0 radical (unpaired) electrons. The molecule has 0 bridgehead atoms. The molecule has 0 N–H and O–H groups in total. The number of carbonyl (C=O) groups is 1. The fourth-order valence-electron chi connectivity index (χ4n) is 2.49. The maximum Gasteiger partial charge on any atom is 0.363 e. The summed E-state index contributed by atoms with van der Waals surface area (Å²) in [5.74, 6) is 0.983. The molecule has 0 aromatic heterocycles. The van der Waals surface area contributed by atoms with Crippen LogP contribution in [0, 0.1) is 3.57 Å². The summed E-state index contributed by atoms with van der Waals surface area (Å²) in [6.07, 6.45) is 1.68. The number of aliphatic imine (C=N–C) groups is 1. The summed E-state index contributed by atoms with van der Waals surface area (Å²) in [7, 11) is 1.58. The smallest absolute Gasteiger partial charge is 0.363 e. The lowest BCUT2D eigenvalue weighted by molar-refractivity contribution is -0.129. The highest BCUT2D eigenvalue weighted by Gasteiger charge is 2.24. The molecule has 1 heterocycles. The minimum absolute atomic E-state index is 0.0197. The van der Waals surface area contributed by atoms with Gasteiger partial charge in [0.15, 0.2) is 17.2 Å². The van der Waals surface area contributed by atoms with Gasteiger partial charge in [0.1, 0.15) is 0 Å². The van der Waals surface area contributed by atoms with Crippen molar-refractivity contribution in [2.45, 2.75) is 20.0 Å². The lowest BCUT2D eigenvalue weighted by atomic mass is 10.1. The lowest BCUT2D eigenvalue weighted by Gasteiger charge is -2.15. The molecule has 1 aliphatic rings. The van der Waals surface area contributed by atoms with Crippen LogP contribution in [0.5, 0.6) is 11.5 Å². The Morgan fingerprint density at radius 1 is 1.26 bits per heavy atom. The van der Waals surface area contributed by atoms with Gasteiger partial charge < -0.3 is 14.2 Å². The van der Waals surface area contributed by atoms with Crippen molar-refractivity contribution in [3.63, 3.8) is 0 Å². The second-order valence-electron chi connectivity index (χ2n) is 6.05. The van der Waals surface area contributed by atoms with Crippen molar-refractivity contribution in [1.82, 2.24) is 0 Å². The Morgan fingerprint density at radius 2 is 2.04 bits per heavy atom. The van der Waals surface area contributed by atoms with Crippen LogP contribution < -0.4 is 9.47 Å². The molecule has 7 heteroatoms. The Bertz CT molecular complexity index is 953. The summed E-state index contributed by atoms with van der Waals surface area (Å²) in [6, 6.07) is 10.7. The van der Waals surface area contributed by atoms with Gasteiger partial charge in [-0.05, 0) is 78.4 Å². The number of hydrogen-bond acceptors (Lipinski definition) is 5. The third-order valence-electron chi connectivity index (χ3n) is 3.60. The molecule has 0 atom stereocenters. The van der Waals surface area contributed by atoms with Crippen molar-refractivity contribution in [1.29, 1.82) is 0 Å². The van der Waals surface area contributed by atoms with E-state index in [4.69, 9.17) is 25.8 Å². The van der Waals surface area contributed by atoms with Gasteiger partial charge in [0.05, 0.1) is 16.8 Å². The monoisotopic (exact) mass is 497 g/mol. The third-order valence-corrected chi connectivity index (χ3v) is 4.64. The number of hydrogen-bond donors (Lipinski definition) is 0. The van der Waals surface area contributed by atoms with E-state index in [9.17, 15) is 4.79 Å². The van der Waals surface area contributed by atoms with E-state index in [0.717, 1.165) is 9.13 Å². The van der Waals surface area contributed by atoms with E-state index < -0.39 is 5.97 Å². The molecule has 27 heavy (non-hydrogen) atoms. The molecule has 0 spiro atoms. The first-order valence-electron chi connectivity index (χ1n) is 8.20. The van der Waals surface area contributed by atoms with Crippen LogP contribution in [0.25, 0.3) is 6.08 Å². The summed E-state index contributed by atoms with van der Waals surface area (Å²) < 4.78 is 17.4. The molecule has 0 saturated heterocycles. The van der Waals surface area contributed by atoms with Crippen LogP contribution in [-0.2, 0) is 9.53 Å². The molecular formula is C20H17ClINO4. The van der Waals surface area contributed by atoms with E-state index in [1.54, 1.807) is 43.5 Å². The van der Waals surface area contributed by atoms with Crippen molar-refractivity contribution in [2.24, 2.45) is 4.99 Å². The highest BCUT2D eigenvalue weighted by atomic mass is 127. The fourth-order valence-corrected chi connectivity index (χ4v) is 3.43. The summed E-state index contributed by atoms with van der Waals surface area (Å²) in [5.41, 5.74) is 1.61. The molecule has 1 aliphatic heterocycles. The second kappa shape index (κ2) is 8.31. The molecule has 5 nitrogen and oxygen atoms in total. The first-order chi connectivity index (χ1) is 12.9. The fraction of sp³-hybridized carbons (Fsp3) is 0.200. The average molecular weight is 498 g/mol. The summed E-state index contributed by atoms with van der Waals surface area (Å²) in [6.45, 7) is 3.90. The maximum absolute atomic E-state index is 12.2. The Kier molecular flexibility index (Phi) is 6.06. The van der Waals surface area contributed by atoms with E-state index in [1.165, 1.54) is 0 Å². The lowest BCUT2D eigenvalue weighted by Crippen LogP contribution is -2.08. The molecule has 0 amide bonds. The van der Waals surface area contributed by atoms with Crippen molar-refractivity contribution in [2.75, 3.05) is 7.11 Å². The molecule has 3 rings (SSSR count). The molecule has 2 aromatic rings. The van der Waals surface area contributed by atoms with Gasteiger partial charge in [0.25, 0.3) is 0 Å². The largest absolute Gasteiger partial charge is 0.493 e. The Hall–Kier alpha value is -2.06. The molecule has 2 aromatic carbocycles. The maximum atomic E-state index is 12.2. The van der Waals surface area contributed by atoms with Crippen LogP contribution in [0.4, 0.5) is 0 Å². The van der Waals surface area contributed by atoms with Crippen molar-refractivity contribution in [3.05, 3.63) is 61.8 Å². The third kappa shape index (κ3) is 4.62. The Labute approximate surface area is 176 Å². The SMILES string of the molecule is COc1cc(/C=C2/N=C(c3cccc(Cl)c3)OC2=O)cc(I)c1OC(C)C. The number of ether oxygens (including phenoxy) is 3. The zero-order valence-electron chi connectivity index (χ0n) is 15.0. The number of carbonyl (C=O) groups excluding carboxylic acids is 1. The quantitative estimate of drug-likeness (QED) is 0.328.